The molecular weight excluding hydrogens is 273 g/mol. The van der Waals surface area contributed by atoms with E-state index in [1.807, 2.05) is 0 Å². The predicted octanol–water partition coefficient (Wildman–Crippen LogP) is 4.07. The van der Waals surface area contributed by atoms with Crippen LogP contribution in [-0.2, 0) is 12.7 Å². The van der Waals surface area contributed by atoms with Crippen molar-refractivity contribution >= 4 is 17.6 Å². The molecule has 6 heteroatoms. The molecule has 3 rings (SSSR count). The summed E-state index contributed by atoms with van der Waals surface area (Å²) in [5, 5.41) is 0. The Morgan fingerprint density at radius 3 is 2.68 bits per heavy atom. The van der Waals surface area contributed by atoms with E-state index in [1.54, 1.807) is 18.6 Å². The molecule has 0 N–H and O–H groups in total. The molecule has 0 atom stereocenters. The standard InChI is InChI=1S/C13H9F3N2S/c1-7-12(19-6-18-7)10-3-9(13(14,15)16)2-8-4-17-5-11(8)10/h2-3,5-6H,4H2,1H3. The van der Waals surface area contributed by atoms with Gasteiger partial charge < -0.3 is 0 Å². The van der Waals surface area contributed by atoms with E-state index in [0.717, 1.165) is 16.1 Å². The summed E-state index contributed by atoms with van der Waals surface area (Å²) >= 11 is 1.35. The first-order chi connectivity index (χ1) is 8.97. The number of thiazole rings is 1. The molecule has 1 aliphatic rings. The van der Waals surface area contributed by atoms with Crippen molar-refractivity contribution in [1.29, 1.82) is 0 Å². The molecule has 98 valence electrons. The van der Waals surface area contributed by atoms with Crippen LogP contribution in [0.4, 0.5) is 13.2 Å². The average molecular weight is 282 g/mol. The number of aliphatic imine (C=N–C) groups is 1. The van der Waals surface area contributed by atoms with E-state index in [0.29, 0.717) is 17.7 Å². The Labute approximate surface area is 111 Å². The molecule has 0 fully saturated rings. The molecule has 0 aliphatic carbocycles. The number of hydrogen-bond donors (Lipinski definition) is 0. The molecule has 19 heavy (non-hydrogen) atoms. The summed E-state index contributed by atoms with van der Waals surface area (Å²) in [4.78, 5) is 8.94. The van der Waals surface area contributed by atoms with Gasteiger partial charge in [0.25, 0.3) is 0 Å². The maximum Gasteiger partial charge on any atom is 0.416 e. The van der Waals surface area contributed by atoms with Gasteiger partial charge in [0.05, 0.1) is 28.2 Å². The molecule has 0 unspecified atom stereocenters. The van der Waals surface area contributed by atoms with E-state index in [-0.39, 0.29) is 0 Å². The van der Waals surface area contributed by atoms with Crippen molar-refractivity contribution in [3.8, 4) is 10.4 Å². The van der Waals surface area contributed by atoms with Crippen molar-refractivity contribution < 1.29 is 13.2 Å². The van der Waals surface area contributed by atoms with Gasteiger partial charge in [-0.05, 0) is 24.6 Å². The lowest BCUT2D eigenvalue weighted by Gasteiger charge is -2.12. The highest BCUT2D eigenvalue weighted by Crippen LogP contribution is 2.39. The van der Waals surface area contributed by atoms with Crippen molar-refractivity contribution in [2.45, 2.75) is 19.6 Å². The number of benzene rings is 1. The fraction of sp³-hybridized carbons (Fsp3) is 0.231. The van der Waals surface area contributed by atoms with E-state index in [4.69, 9.17) is 0 Å². The maximum atomic E-state index is 12.9. The van der Waals surface area contributed by atoms with E-state index in [9.17, 15) is 13.2 Å². The van der Waals surface area contributed by atoms with Crippen LogP contribution >= 0.6 is 11.3 Å². The summed E-state index contributed by atoms with van der Waals surface area (Å²) in [6.07, 6.45) is -2.70. The Morgan fingerprint density at radius 1 is 1.26 bits per heavy atom. The molecule has 2 heterocycles. The van der Waals surface area contributed by atoms with E-state index in [1.165, 1.54) is 23.5 Å². The molecule has 0 bridgehead atoms. The second kappa shape index (κ2) is 4.16. The largest absolute Gasteiger partial charge is 0.416 e. The summed E-state index contributed by atoms with van der Waals surface area (Å²) in [5.74, 6) is 0. The topological polar surface area (TPSA) is 25.2 Å². The van der Waals surface area contributed by atoms with Crippen molar-refractivity contribution in [1.82, 2.24) is 4.98 Å². The third kappa shape index (κ3) is 2.06. The van der Waals surface area contributed by atoms with Gasteiger partial charge in [-0.15, -0.1) is 11.3 Å². The number of alkyl halides is 3. The van der Waals surface area contributed by atoms with Crippen LogP contribution in [0.3, 0.4) is 0 Å². The molecule has 1 aromatic heterocycles. The fourth-order valence-electron chi connectivity index (χ4n) is 2.14. The van der Waals surface area contributed by atoms with Crippen molar-refractivity contribution in [3.05, 3.63) is 40.0 Å². The normalized spacial score (nSPS) is 13.9. The van der Waals surface area contributed by atoms with Gasteiger partial charge in [0.1, 0.15) is 0 Å². The zero-order valence-corrected chi connectivity index (χ0v) is 10.8. The fourth-order valence-corrected chi connectivity index (χ4v) is 2.98. The molecule has 0 spiro atoms. The maximum absolute atomic E-state index is 12.9. The van der Waals surface area contributed by atoms with Gasteiger partial charge in [0.2, 0.25) is 0 Å². The first-order valence-corrected chi connectivity index (χ1v) is 6.49. The number of halogens is 3. The summed E-state index contributed by atoms with van der Waals surface area (Å²) < 4.78 is 38.8. The molecule has 0 radical (unpaired) electrons. The summed E-state index contributed by atoms with van der Waals surface area (Å²) in [6, 6.07) is 2.37. The number of fused-ring (bicyclic) bond motifs is 1. The molecule has 0 saturated heterocycles. The monoisotopic (exact) mass is 282 g/mol. The molecule has 2 aromatic rings. The second-order valence-corrected chi connectivity index (χ2v) is 5.19. The van der Waals surface area contributed by atoms with Gasteiger partial charge in [0.15, 0.2) is 0 Å². The van der Waals surface area contributed by atoms with E-state index >= 15 is 0 Å². The lowest BCUT2D eigenvalue weighted by Crippen LogP contribution is -2.07. The third-order valence-electron chi connectivity index (χ3n) is 3.07. The molecule has 2 nitrogen and oxygen atoms in total. The predicted molar refractivity (Wildman–Crippen MR) is 68.6 cm³/mol. The molecular formula is C13H9F3N2S. The first kappa shape index (κ1) is 12.3. The van der Waals surface area contributed by atoms with Crippen molar-refractivity contribution in [3.63, 3.8) is 0 Å². The third-order valence-corrected chi connectivity index (χ3v) is 4.03. The summed E-state index contributed by atoms with van der Waals surface area (Å²) in [5.41, 5.74) is 3.74. The van der Waals surface area contributed by atoms with Crippen LogP contribution in [-0.4, -0.2) is 11.2 Å². The SMILES string of the molecule is Cc1ncsc1-c1cc(C(F)(F)F)cc2c1C=NC2. The van der Waals surface area contributed by atoms with E-state index in [2.05, 4.69) is 9.98 Å². The summed E-state index contributed by atoms with van der Waals surface area (Å²) in [6.45, 7) is 2.11. The Hall–Kier alpha value is -1.69. The Kier molecular flexibility index (Phi) is 2.70. The van der Waals surface area contributed by atoms with Crippen LogP contribution < -0.4 is 0 Å². The number of hydrogen-bond acceptors (Lipinski definition) is 3. The van der Waals surface area contributed by atoms with Crippen LogP contribution in [0, 0.1) is 6.92 Å². The zero-order valence-electron chi connectivity index (χ0n) is 9.95. The van der Waals surface area contributed by atoms with Gasteiger partial charge in [-0.2, -0.15) is 13.2 Å². The van der Waals surface area contributed by atoms with Crippen molar-refractivity contribution in [2.75, 3.05) is 0 Å². The minimum atomic E-state index is -4.34. The van der Waals surface area contributed by atoms with Gasteiger partial charge in [-0.1, -0.05) is 0 Å². The number of aryl methyl sites for hydroxylation is 1. The minimum Gasteiger partial charge on any atom is -0.288 e. The van der Waals surface area contributed by atoms with Crippen LogP contribution in [0.1, 0.15) is 22.4 Å². The van der Waals surface area contributed by atoms with Crippen LogP contribution in [0.2, 0.25) is 0 Å². The van der Waals surface area contributed by atoms with Crippen LogP contribution in [0.15, 0.2) is 22.6 Å². The smallest absolute Gasteiger partial charge is 0.288 e. The number of aromatic nitrogens is 1. The number of rotatable bonds is 1. The van der Waals surface area contributed by atoms with Crippen molar-refractivity contribution in [2.24, 2.45) is 4.99 Å². The lowest BCUT2D eigenvalue weighted by molar-refractivity contribution is -0.137. The highest BCUT2D eigenvalue weighted by Gasteiger charge is 2.33. The Balaban J connectivity index is 2.26. The second-order valence-electron chi connectivity index (χ2n) is 4.33. The summed E-state index contributed by atoms with van der Waals surface area (Å²) in [7, 11) is 0. The van der Waals surface area contributed by atoms with Gasteiger partial charge in [-0.3, -0.25) is 4.99 Å². The molecule has 0 amide bonds. The quantitative estimate of drug-likeness (QED) is 0.774. The van der Waals surface area contributed by atoms with Gasteiger partial charge >= 0.3 is 6.18 Å². The molecule has 0 saturated carbocycles. The average Bonchev–Trinajstić information content (AvgIpc) is 2.94. The molecule has 1 aliphatic heterocycles. The highest BCUT2D eigenvalue weighted by molar-refractivity contribution is 7.13. The molecule has 1 aromatic carbocycles. The number of nitrogens with zero attached hydrogens (tertiary/aromatic N) is 2. The van der Waals surface area contributed by atoms with Crippen LogP contribution in [0.5, 0.6) is 0 Å². The lowest BCUT2D eigenvalue weighted by atomic mass is 9.97. The van der Waals surface area contributed by atoms with Crippen LogP contribution in [0.25, 0.3) is 10.4 Å². The Bertz CT molecular complexity index is 671. The van der Waals surface area contributed by atoms with Gasteiger partial charge in [0, 0.05) is 17.3 Å². The zero-order chi connectivity index (χ0) is 13.6. The van der Waals surface area contributed by atoms with E-state index < -0.39 is 11.7 Å². The Morgan fingerprint density at radius 2 is 2.05 bits per heavy atom. The first-order valence-electron chi connectivity index (χ1n) is 5.61. The highest BCUT2D eigenvalue weighted by atomic mass is 32.1. The van der Waals surface area contributed by atoms with Gasteiger partial charge in [-0.25, -0.2) is 4.98 Å². The minimum absolute atomic E-state index is 0.310.